The van der Waals surface area contributed by atoms with Crippen LogP contribution in [0.15, 0.2) is 24.3 Å². The van der Waals surface area contributed by atoms with Crippen molar-refractivity contribution < 1.29 is 9.59 Å². The molecule has 1 fully saturated rings. The zero-order valence-electron chi connectivity index (χ0n) is 12.0. The molecular weight excluding hydrogens is 288 g/mol. The second kappa shape index (κ2) is 7.46. The van der Waals surface area contributed by atoms with Crippen LogP contribution in [0.25, 0.3) is 0 Å². The fraction of sp³-hybridized carbons (Fsp3) is 0.500. The Labute approximate surface area is 130 Å². The highest BCUT2D eigenvalue weighted by molar-refractivity contribution is 6.31. The van der Waals surface area contributed by atoms with Crippen molar-refractivity contribution in [2.75, 3.05) is 0 Å². The Morgan fingerprint density at radius 1 is 1.29 bits per heavy atom. The number of hydrogen-bond acceptors (Lipinski definition) is 2. The van der Waals surface area contributed by atoms with Crippen LogP contribution in [-0.2, 0) is 16.0 Å². The van der Waals surface area contributed by atoms with Crippen LogP contribution in [-0.4, -0.2) is 17.9 Å². The van der Waals surface area contributed by atoms with E-state index >= 15 is 0 Å². The second-order valence-corrected chi connectivity index (χ2v) is 6.08. The van der Waals surface area contributed by atoms with Gasteiger partial charge in [0.1, 0.15) is 6.04 Å². The number of halogens is 1. The van der Waals surface area contributed by atoms with Gasteiger partial charge in [-0.15, -0.1) is 0 Å². The molecule has 0 radical (unpaired) electrons. The monoisotopic (exact) mass is 308 g/mol. The number of nitrogens with one attached hydrogen (secondary N) is 1. The Morgan fingerprint density at radius 2 is 1.95 bits per heavy atom. The number of carbonyl (C=O) groups excluding carboxylic acids is 2. The van der Waals surface area contributed by atoms with Crippen LogP contribution in [0.2, 0.25) is 5.02 Å². The lowest BCUT2D eigenvalue weighted by Crippen LogP contribution is -2.46. The second-order valence-electron chi connectivity index (χ2n) is 5.67. The number of primary amides is 1. The molecule has 0 unspecified atom stereocenters. The summed E-state index contributed by atoms with van der Waals surface area (Å²) in [7, 11) is 0. The summed E-state index contributed by atoms with van der Waals surface area (Å²) in [4.78, 5) is 23.6. The Balaban J connectivity index is 1.94. The molecule has 0 saturated heterocycles. The average Bonchev–Trinajstić information content (AvgIpc) is 2.93. The van der Waals surface area contributed by atoms with Gasteiger partial charge >= 0.3 is 0 Å². The van der Waals surface area contributed by atoms with Crippen molar-refractivity contribution in [1.29, 1.82) is 0 Å². The average molecular weight is 309 g/mol. The third-order valence-corrected chi connectivity index (χ3v) is 4.38. The van der Waals surface area contributed by atoms with Gasteiger partial charge in [0, 0.05) is 17.9 Å². The van der Waals surface area contributed by atoms with Gasteiger partial charge in [0.25, 0.3) is 0 Å². The summed E-state index contributed by atoms with van der Waals surface area (Å²) in [5.74, 6) is -0.189. The van der Waals surface area contributed by atoms with Crippen LogP contribution in [0.4, 0.5) is 0 Å². The standard InChI is InChI=1S/C16H21ClN2O2/c17-13-8-4-3-7-12(13)10-14(16(18)21)19-15(20)9-11-5-1-2-6-11/h3-4,7-8,11,14H,1-2,5-6,9-10H2,(H2,18,21)(H,19,20)/t14-/m0/s1. The van der Waals surface area contributed by atoms with E-state index in [1.54, 1.807) is 6.07 Å². The lowest BCUT2D eigenvalue weighted by atomic mass is 10.0. The SMILES string of the molecule is NC(=O)[C@H](Cc1ccccc1Cl)NC(=O)CC1CCCC1. The molecule has 5 heteroatoms. The predicted octanol–water partition coefficient (Wildman–Crippen LogP) is 2.43. The summed E-state index contributed by atoms with van der Waals surface area (Å²) in [5.41, 5.74) is 6.20. The zero-order valence-corrected chi connectivity index (χ0v) is 12.7. The van der Waals surface area contributed by atoms with E-state index in [9.17, 15) is 9.59 Å². The number of carbonyl (C=O) groups is 2. The summed E-state index contributed by atoms with van der Waals surface area (Å²) >= 11 is 6.08. The van der Waals surface area contributed by atoms with E-state index in [0.29, 0.717) is 23.8 Å². The molecule has 3 N–H and O–H groups in total. The van der Waals surface area contributed by atoms with Gasteiger partial charge in [-0.2, -0.15) is 0 Å². The van der Waals surface area contributed by atoms with E-state index in [0.717, 1.165) is 18.4 Å². The maximum atomic E-state index is 12.0. The van der Waals surface area contributed by atoms with Crippen molar-refractivity contribution >= 4 is 23.4 Å². The summed E-state index contributed by atoms with van der Waals surface area (Å²) in [6.07, 6.45) is 5.38. The van der Waals surface area contributed by atoms with Crippen molar-refractivity contribution in [2.24, 2.45) is 11.7 Å². The first kappa shape index (κ1) is 15.8. The predicted molar refractivity (Wildman–Crippen MR) is 82.9 cm³/mol. The van der Waals surface area contributed by atoms with Crippen LogP contribution in [0.1, 0.15) is 37.7 Å². The molecular formula is C16H21ClN2O2. The maximum Gasteiger partial charge on any atom is 0.240 e. The first-order valence-corrected chi connectivity index (χ1v) is 7.76. The van der Waals surface area contributed by atoms with Crippen molar-refractivity contribution in [1.82, 2.24) is 5.32 Å². The molecule has 2 amide bonds. The maximum absolute atomic E-state index is 12.0. The molecule has 0 aliphatic heterocycles. The topological polar surface area (TPSA) is 72.2 Å². The van der Waals surface area contributed by atoms with Crippen LogP contribution < -0.4 is 11.1 Å². The van der Waals surface area contributed by atoms with Gasteiger partial charge in [-0.05, 0) is 30.4 Å². The van der Waals surface area contributed by atoms with Gasteiger partial charge in [-0.1, -0.05) is 42.6 Å². The highest BCUT2D eigenvalue weighted by atomic mass is 35.5. The Bertz CT molecular complexity index is 513. The van der Waals surface area contributed by atoms with Gasteiger partial charge in [0.05, 0.1) is 0 Å². The van der Waals surface area contributed by atoms with E-state index in [4.69, 9.17) is 17.3 Å². The van der Waals surface area contributed by atoms with E-state index in [1.807, 2.05) is 18.2 Å². The molecule has 1 atom stereocenters. The molecule has 21 heavy (non-hydrogen) atoms. The fourth-order valence-electron chi connectivity index (χ4n) is 2.84. The normalized spacial score (nSPS) is 16.6. The van der Waals surface area contributed by atoms with Gasteiger partial charge in [0.2, 0.25) is 11.8 Å². The van der Waals surface area contributed by atoms with E-state index in [1.165, 1.54) is 12.8 Å². The first-order valence-electron chi connectivity index (χ1n) is 7.38. The molecule has 1 saturated carbocycles. The Morgan fingerprint density at radius 3 is 2.57 bits per heavy atom. The Kier molecular flexibility index (Phi) is 5.62. The lowest BCUT2D eigenvalue weighted by Gasteiger charge is -2.17. The highest BCUT2D eigenvalue weighted by Crippen LogP contribution is 2.27. The van der Waals surface area contributed by atoms with E-state index in [-0.39, 0.29) is 5.91 Å². The zero-order chi connectivity index (χ0) is 15.2. The van der Waals surface area contributed by atoms with Gasteiger partial charge in [-0.3, -0.25) is 9.59 Å². The van der Waals surface area contributed by atoms with Crippen molar-refractivity contribution in [3.63, 3.8) is 0 Å². The van der Waals surface area contributed by atoms with Crippen LogP contribution in [0.5, 0.6) is 0 Å². The van der Waals surface area contributed by atoms with E-state index < -0.39 is 11.9 Å². The summed E-state index contributed by atoms with van der Waals surface area (Å²) in [6.45, 7) is 0. The minimum atomic E-state index is -0.709. The van der Waals surface area contributed by atoms with Crippen molar-refractivity contribution in [2.45, 2.75) is 44.6 Å². The molecule has 0 bridgehead atoms. The number of amides is 2. The summed E-state index contributed by atoms with van der Waals surface area (Å²) in [6, 6.07) is 6.55. The van der Waals surface area contributed by atoms with Crippen LogP contribution in [0.3, 0.4) is 0 Å². The molecule has 2 rings (SSSR count). The quantitative estimate of drug-likeness (QED) is 0.847. The summed E-state index contributed by atoms with van der Waals surface area (Å²) in [5, 5.41) is 3.32. The van der Waals surface area contributed by atoms with Crippen LogP contribution in [0, 0.1) is 5.92 Å². The fourth-order valence-corrected chi connectivity index (χ4v) is 3.05. The Hall–Kier alpha value is -1.55. The van der Waals surface area contributed by atoms with Gasteiger partial charge < -0.3 is 11.1 Å². The largest absolute Gasteiger partial charge is 0.368 e. The molecule has 0 spiro atoms. The lowest BCUT2D eigenvalue weighted by molar-refractivity contribution is -0.127. The molecule has 0 aromatic heterocycles. The number of hydrogen-bond donors (Lipinski definition) is 2. The number of rotatable bonds is 6. The minimum absolute atomic E-state index is 0.0993. The molecule has 1 aromatic rings. The third-order valence-electron chi connectivity index (χ3n) is 4.01. The minimum Gasteiger partial charge on any atom is -0.368 e. The van der Waals surface area contributed by atoms with Gasteiger partial charge in [0.15, 0.2) is 0 Å². The molecule has 1 aliphatic carbocycles. The molecule has 114 valence electrons. The molecule has 1 aromatic carbocycles. The van der Waals surface area contributed by atoms with Gasteiger partial charge in [-0.25, -0.2) is 0 Å². The molecule has 4 nitrogen and oxygen atoms in total. The van der Waals surface area contributed by atoms with Crippen molar-refractivity contribution in [3.05, 3.63) is 34.9 Å². The van der Waals surface area contributed by atoms with Crippen LogP contribution >= 0.6 is 11.6 Å². The van der Waals surface area contributed by atoms with E-state index in [2.05, 4.69) is 5.32 Å². The van der Waals surface area contributed by atoms with Crippen molar-refractivity contribution in [3.8, 4) is 0 Å². The number of benzene rings is 1. The highest BCUT2D eigenvalue weighted by Gasteiger charge is 2.23. The summed E-state index contributed by atoms with van der Waals surface area (Å²) < 4.78 is 0. The third kappa shape index (κ3) is 4.74. The smallest absolute Gasteiger partial charge is 0.240 e. The first-order chi connectivity index (χ1) is 10.1. The molecule has 1 aliphatic rings. The molecule has 0 heterocycles. The number of nitrogens with two attached hydrogens (primary N) is 1.